The first-order valence-electron chi connectivity index (χ1n) is 11.2. The average Bonchev–Trinajstić information content (AvgIpc) is 3.51. The number of methoxy groups -OCH3 is 1. The van der Waals surface area contributed by atoms with Crippen molar-refractivity contribution in [1.82, 2.24) is 19.5 Å². The third-order valence-electron chi connectivity index (χ3n) is 6.31. The fourth-order valence-electron chi connectivity index (χ4n) is 4.59. The molecule has 5 rings (SSSR count). The van der Waals surface area contributed by atoms with Gasteiger partial charge >= 0.3 is 0 Å². The average molecular weight is 463 g/mol. The molecule has 0 N–H and O–H groups in total. The number of rotatable bonds is 5. The minimum absolute atomic E-state index is 0.0741. The second-order valence-electron chi connectivity index (χ2n) is 8.43. The van der Waals surface area contributed by atoms with Gasteiger partial charge in [0.15, 0.2) is 5.65 Å². The van der Waals surface area contributed by atoms with Crippen LogP contribution in [0, 0.1) is 6.92 Å². The zero-order valence-corrected chi connectivity index (χ0v) is 18.9. The van der Waals surface area contributed by atoms with Crippen LogP contribution in [-0.4, -0.2) is 39.1 Å². The number of carbonyl (C=O) groups excluding carboxylic acids is 1. The summed E-state index contributed by atoms with van der Waals surface area (Å²) in [6, 6.07) is 16.4. The first-order valence-corrected chi connectivity index (χ1v) is 11.2. The fourth-order valence-corrected chi connectivity index (χ4v) is 4.59. The van der Waals surface area contributed by atoms with Crippen LogP contribution in [0.15, 0.2) is 60.8 Å². The molecule has 1 unspecified atom stereocenters. The molecule has 1 atom stereocenters. The van der Waals surface area contributed by atoms with Crippen molar-refractivity contribution >= 4 is 11.6 Å². The largest absolute Gasteiger partial charge is 0.496 e. The van der Waals surface area contributed by atoms with Gasteiger partial charge in [-0.25, -0.2) is 18.3 Å². The molecule has 1 aliphatic rings. The molecule has 8 heteroatoms. The molecular weight excluding hydrogens is 438 g/mol. The zero-order valence-electron chi connectivity index (χ0n) is 18.9. The summed E-state index contributed by atoms with van der Waals surface area (Å²) in [5, 5.41) is 4.11. The predicted octanol–water partition coefficient (Wildman–Crippen LogP) is 5.63. The molecule has 0 spiro atoms. The molecule has 1 saturated heterocycles. The van der Waals surface area contributed by atoms with Crippen molar-refractivity contribution in [2.75, 3.05) is 13.7 Å². The van der Waals surface area contributed by atoms with Crippen LogP contribution >= 0.6 is 0 Å². The highest BCUT2D eigenvalue weighted by Crippen LogP contribution is 2.35. The molecule has 4 aromatic rings. The van der Waals surface area contributed by atoms with E-state index in [1.807, 2.05) is 31.2 Å². The molecule has 1 aliphatic heterocycles. The number of carbonyl (C=O) groups is 1. The van der Waals surface area contributed by atoms with E-state index in [0.29, 0.717) is 23.6 Å². The second-order valence-corrected chi connectivity index (χ2v) is 8.43. The number of aromatic nitrogens is 3. The van der Waals surface area contributed by atoms with Gasteiger partial charge in [-0.05, 0) is 43.5 Å². The lowest BCUT2D eigenvalue weighted by atomic mass is 10.0. The van der Waals surface area contributed by atoms with Gasteiger partial charge in [-0.2, -0.15) is 5.10 Å². The summed E-state index contributed by atoms with van der Waals surface area (Å²) in [6.07, 6.45) is 0.253. The smallest absolute Gasteiger partial charge is 0.280 e. The molecule has 0 radical (unpaired) electrons. The molecule has 174 valence electrons. The molecule has 3 heterocycles. The maximum Gasteiger partial charge on any atom is 0.280 e. The van der Waals surface area contributed by atoms with E-state index in [1.165, 1.54) is 19.4 Å². The molecule has 6 nitrogen and oxygen atoms in total. The summed E-state index contributed by atoms with van der Waals surface area (Å²) < 4.78 is 34.4. The van der Waals surface area contributed by atoms with Gasteiger partial charge in [-0.1, -0.05) is 42.0 Å². The van der Waals surface area contributed by atoms with E-state index >= 15 is 0 Å². The van der Waals surface area contributed by atoms with Crippen LogP contribution in [0.25, 0.3) is 16.9 Å². The summed E-state index contributed by atoms with van der Waals surface area (Å²) in [7, 11) is 1.51. The highest BCUT2D eigenvalue weighted by atomic mass is 19.3. The number of benzene rings is 2. The highest BCUT2D eigenvalue weighted by Gasteiger charge is 2.33. The number of fused-ring (bicyclic) bond motifs is 1. The topological polar surface area (TPSA) is 59.7 Å². The number of likely N-dealkylation sites (tertiary alicyclic amines) is 1. The number of nitrogens with zero attached hydrogens (tertiary/aromatic N) is 4. The van der Waals surface area contributed by atoms with E-state index < -0.39 is 6.43 Å². The third kappa shape index (κ3) is 3.79. The van der Waals surface area contributed by atoms with Gasteiger partial charge in [-0.15, -0.1) is 0 Å². The summed E-state index contributed by atoms with van der Waals surface area (Å²) in [6.45, 7) is 2.61. The van der Waals surface area contributed by atoms with Crippen molar-refractivity contribution in [1.29, 1.82) is 0 Å². The molecule has 34 heavy (non-hydrogen) atoms. The molecule has 2 aromatic heterocycles. The molecule has 0 bridgehead atoms. The SMILES string of the molecule is COc1ccccc1-c1cc(C(F)F)n2ncc(C(=O)N3CCCC3c3ccc(C)cc3)c2n1. The summed E-state index contributed by atoms with van der Waals surface area (Å²) in [4.78, 5) is 20.0. The first kappa shape index (κ1) is 22.0. The van der Waals surface area contributed by atoms with Crippen LogP contribution in [0.4, 0.5) is 8.78 Å². The van der Waals surface area contributed by atoms with Crippen molar-refractivity contribution in [3.63, 3.8) is 0 Å². The van der Waals surface area contributed by atoms with Crippen molar-refractivity contribution in [2.24, 2.45) is 0 Å². The maximum atomic E-state index is 14.0. The van der Waals surface area contributed by atoms with Gasteiger partial charge in [0.05, 0.1) is 25.0 Å². The molecule has 1 amide bonds. The van der Waals surface area contributed by atoms with Crippen molar-refractivity contribution in [3.8, 4) is 17.0 Å². The Bertz CT molecular complexity index is 1350. The number of hydrogen-bond acceptors (Lipinski definition) is 4. The molecule has 2 aromatic carbocycles. The van der Waals surface area contributed by atoms with E-state index in [2.05, 4.69) is 10.1 Å². The van der Waals surface area contributed by atoms with E-state index in [4.69, 9.17) is 4.74 Å². The maximum absolute atomic E-state index is 14.0. The van der Waals surface area contributed by atoms with Gasteiger partial charge in [0.25, 0.3) is 12.3 Å². The number of hydrogen-bond donors (Lipinski definition) is 0. The quantitative estimate of drug-likeness (QED) is 0.386. The van der Waals surface area contributed by atoms with E-state index in [-0.39, 0.29) is 28.9 Å². The summed E-state index contributed by atoms with van der Waals surface area (Å²) >= 11 is 0. The normalized spacial score (nSPS) is 15.9. The number of para-hydroxylation sites is 1. The van der Waals surface area contributed by atoms with E-state index in [1.54, 1.807) is 29.2 Å². The van der Waals surface area contributed by atoms with Crippen LogP contribution in [-0.2, 0) is 0 Å². The van der Waals surface area contributed by atoms with Crippen LogP contribution < -0.4 is 4.74 Å². The predicted molar refractivity (Wildman–Crippen MR) is 124 cm³/mol. The van der Waals surface area contributed by atoms with Crippen LogP contribution in [0.3, 0.4) is 0 Å². The van der Waals surface area contributed by atoms with Gasteiger partial charge in [0.1, 0.15) is 17.0 Å². The van der Waals surface area contributed by atoms with E-state index in [9.17, 15) is 13.6 Å². The number of amides is 1. The Kier molecular flexibility index (Phi) is 5.73. The van der Waals surface area contributed by atoms with Crippen molar-refractivity contribution in [3.05, 3.63) is 83.2 Å². The number of alkyl halides is 2. The molecule has 1 fully saturated rings. The minimum atomic E-state index is -2.80. The Morgan fingerprint density at radius 3 is 2.65 bits per heavy atom. The molecular formula is C26H24F2N4O2. The van der Waals surface area contributed by atoms with Crippen molar-refractivity contribution < 1.29 is 18.3 Å². The Morgan fingerprint density at radius 2 is 1.91 bits per heavy atom. The number of halogens is 2. The van der Waals surface area contributed by atoms with Crippen LogP contribution in [0.2, 0.25) is 0 Å². The Hall–Kier alpha value is -3.81. The highest BCUT2D eigenvalue weighted by molar-refractivity contribution is 6.00. The summed E-state index contributed by atoms with van der Waals surface area (Å²) in [5.41, 5.74) is 3.05. The summed E-state index contributed by atoms with van der Waals surface area (Å²) in [5.74, 6) is 0.244. The Labute approximate surface area is 195 Å². The monoisotopic (exact) mass is 462 g/mol. The van der Waals surface area contributed by atoms with Gasteiger partial charge in [0, 0.05) is 12.1 Å². The van der Waals surface area contributed by atoms with Gasteiger partial charge in [0.2, 0.25) is 0 Å². The molecule has 0 aliphatic carbocycles. The lowest BCUT2D eigenvalue weighted by Crippen LogP contribution is -2.30. The number of aryl methyl sites for hydroxylation is 1. The lowest BCUT2D eigenvalue weighted by Gasteiger charge is -2.25. The second kappa shape index (κ2) is 8.85. The Morgan fingerprint density at radius 1 is 1.15 bits per heavy atom. The van der Waals surface area contributed by atoms with Gasteiger partial charge < -0.3 is 9.64 Å². The first-order chi connectivity index (χ1) is 16.5. The van der Waals surface area contributed by atoms with Crippen LogP contribution in [0.5, 0.6) is 5.75 Å². The number of ether oxygens (including phenoxy) is 1. The fraction of sp³-hybridized carbons (Fsp3) is 0.269. The lowest BCUT2D eigenvalue weighted by molar-refractivity contribution is 0.0737. The van der Waals surface area contributed by atoms with Gasteiger partial charge in [-0.3, -0.25) is 4.79 Å². The Balaban J connectivity index is 1.60. The van der Waals surface area contributed by atoms with Crippen LogP contribution in [0.1, 0.15) is 52.5 Å². The van der Waals surface area contributed by atoms with E-state index in [0.717, 1.165) is 28.5 Å². The standard InChI is InChI=1S/C26H24F2N4O2/c1-16-9-11-17(12-10-16)21-7-5-13-31(21)26(33)19-15-29-32-22(24(27)28)14-20(30-25(19)32)18-6-3-4-8-23(18)34-2/h3-4,6,8-12,14-15,21,24H,5,7,13H2,1-2H3. The minimum Gasteiger partial charge on any atom is -0.496 e. The zero-order chi connectivity index (χ0) is 23.8. The third-order valence-corrected chi connectivity index (χ3v) is 6.31. The molecule has 0 saturated carbocycles. The van der Waals surface area contributed by atoms with Crippen molar-refractivity contribution in [2.45, 2.75) is 32.2 Å².